The minimum atomic E-state index is -1.11. The van der Waals surface area contributed by atoms with E-state index in [2.05, 4.69) is 20.8 Å². The molecule has 2 aliphatic rings. The summed E-state index contributed by atoms with van der Waals surface area (Å²) in [6.45, 7) is 12.3. The van der Waals surface area contributed by atoms with E-state index >= 15 is 0 Å². The van der Waals surface area contributed by atoms with E-state index in [0.717, 1.165) is 19.3 Å². The smallest absolute Gasteiger partial charge is 0.367 e. The van der Waals surface area contributed by atoms with Gasteiger partial charge < -0.3 is 14.2 Å². The van der Waals surface area contributed by atoms with Crippen molar-refractivity contribution in [2.24, 2.45) is 22.7 Å². The SMILES string of the molecule is CCOC(=O)S[C@H]1CC(C)(C)C[C@@]2(C)CC=C(C(=O)CCC(C(=O)OCC)C(=O)OCC)[C@@H]12. The Morgan fingerprint density at radius 1 is 1.00 bits per heavy atom. The lowest BCUT2D eigenvalue weighted by Gasteiger charge is -2.49. The van der Waals surface area contributed by atoms with Crippen molar-refractivity contribution < 1.29 is 33.4 Å². The van der Waals surface area contributed by atoms with Gasteiger partial charge in [0.15, 0.2) is 11.7 Å². The lowest BCUT2D eigenvalue weighted by atomic mass is 9.58. The summed E-state index contributed by atoms with van der Waals surface area (Å²) in [5, 5.41) is -0.382. The van der Waals surface area contributed by atoms with E-state index in [-0.39, 0.29) is 59.1 Å². The molecule has 0 aliphatic heterocycles. The van der Waals surface area contributed by atoms with Gasteiger partial charge >= 0.3 is 17.2 Å². The fraction of sp³-hybridized carbons (Fsp3) is 0.760. The molecule has 0 saturated heterocycles. The third-order valence-corrected chi connectivity index (χ3v) is 7.57. The Hall–Kier alpha value is -1.83. The second-order valence-corrected chi connectivity index (χ2v) is 11.1. The number of hydrogen-bond acceptors (Lipinski definition) is 8. The molecule has 7 nitrogen and oxygen atoms in total. The van der Waals surface area contributed by atoms with E-state index in [4.69, 9.17) is 14.2 Å². The summed E-state index contributed by atoms with van der Waals surface area (Å²) < 4.78 is 15.2. The second kappa shape index (κ2) is 11.5. The van der Waals surface area contributed by atoms with Crippen LogP contribution in [0.4, 0.5) is 4.79 Å². The maximum absolute atomic E-state index is 13.3. The number of Topliss-reactive ketones (excluding diaryl/α,β-unsaturated/α-hetero) is 1. The Morgan fingerprint density at radius 3 is 2.12 bits per heavy atom. The summed E-state index contributed by atoms with van der Waals surface area (Å²) in [6.07, 6.45) is 4.60. The van der Waals surface area contributed by atoms with Crippen LogP contribution in [0, 0.1) is 22.7 Å². The normalized spacial score (nSPS) is 25.7. The first-order valence-electron chi connectivity index (χ1n) is 11.9. The monoisotopic (exact) mass is 482 g/mol. The van der Waals surface area contributed by atoms with Crippen LogP contribution in [0.15, 0.2) is 11.6 Å². The summed E-state index contributed by atoms with van der Waals surface area (Å²) in [4.78, 5) is 50.2. The zero-order valence-corrected chi connectivity index (χ0v) is 21.5. The number of esters is 2. The van der Waals surface area contributed by atoms with Gasteiger partial charge in [-0.15, -0.1) is 0 Å². The van der Waals surface area contributed by atoms with E-state index in [0.29, 0.717) is 12.2 Å². The molecule has 2 rings (SSSR count). The molecule has 0 N–H and O–H groups in total. The number of hydrogen-bond donors (Lipinski definition) is 0. The maximum Gasteiger partial charge on any atom is 0.367 e. The van der Waals surface area contributed by atoms with Crippen molar-refractivity contribution in [1.82, 2.24) is 0 Å². The standard InChI is InChI=1S/C25H38O7S/c1-7-30-21(27)17(22(28)31-8-2)10-11-18(26)16-12-13-25(6)15-24(4,5)14-19(20(16)25)33-23(29)32-9-3/h12,17,19-20H,7-11,13-15H2,1-6H3/t19-,20-,25+/m0/s1. The van der Waals surface area contributed by atoms with Gasteiger partial charge in [-0.3, -0.25) is 14.4 Å². The summed E-state index contributed by atoms with van der Waals surface area (Å²) in [6, 6.07) is 0. The van der Waals surface area contributed by atoms with Crippen LogP contribution in [0.1, 0.15) is 73.6 Å². The molecule has 0 radical (unpaired) electrons. The van der Waals surface area contributed by atoms with Gasteiger partial charge in [-0.1, -0.05) is 26.8 Å². The summed E-state index contributed by atoms with van der Waals surface area (Å²) in [7, 11) is 0. The van der Waals surface area contributed by atoms with Gasteiger partial charge in [0, 0.05) is 17.6 Å². The van der Waals surface area contributed by atoms with E-state index in [1.165, 1.54) is 11.8 Å². The molecule has 3 atom stereocenters. The van der Waals surface area contributed by atoms with Crippen LogP contribution in [0.5, 0.6) is 0 Å². The lowest BCUT2D eigenvalue weighted by molar-refractivity contribution is -0.161. The molecule has 2 aliphatic carbocycles. The van der Waals surface area contributed by atoms with Crippen molar-refractivity contribution in [2.45, 2.75) is 78.9 Å². The Morgan fingerprint density at radius 2 is 1.58 bits per heavy atom. The molecule has 0 aromatic rings. The van der Waals surface area contributed by atoms with Crippen molar-refractivity contribution in [1.29, 1.82) is 0 Å². The Kier molecular flexibility index (Phi) is 9.58. The number of thioether (sulfide) groups is 1. The zero-order valence-electron chi connectivity index (χ0n) is 20.7. The first-order chi connectivity index (χ1) is 15.5. The molecule has 0 heterocycles. The molecule has 0 unspecified atom stereocenters. The van der Waals surface area contributed by atoms with Crippen LogP contribution < -0.4 is 0 Å². The van der Waals surface area contributed by atoms with Gasteiger partial charge in [-0.05, 0) is 74.6 Å². The molecule has 0 amide bonds. The number of ketones is 1. The predicted octanol–water partition coefficient (Wildman–Crippen LogP) is 5.11. The van der Waals surface area contributed by atoms with Gasteiger partial charge in [-0.25, -0.2) is 4.79 Å². The molecule has 1 fully saturated rings. The van der Waals surface area contributed by atoms with Crippen molar-refractivity contribution >= 4 is 34.8 Å². The predicted molar refractivity (Wildman–Crippen MR) is 127 cm³/mol. The number of rotatable bonds is 10. The van der Waals surface area contributed by atoms with Crippen LogP contribution in [-0.2, 0) is 28.6 Å². The second-order valence-electron chi connectivity index (χ2n) is 9.90. The van der Waals surface area contributed by atoms with Crippen molar-refractivity contribution in [2.75, 3.05) is 19.8 Å². The number of carbonyl (C=O) groups excluding carboxylic acids is 4. The molecular weight excluding hydrogens is 444 g/mol. The van der Waals surface area contributed by atoms with E-state index in [9.17, 15) is 19.2 Å². The quantitative estimate of drug-likeness (QED) is 0.241. The van der Waals surface area contributed by atoms with Crippen LogP contribution in [0.2, 0.25) is 0 Å². The van der Waals surface area contributed by atoms with Crippen molar-refractivity contribution in [3.05, 3.63) is 11.6 Å². The first-order valence-corrected chi connectivity index (χ1v) is 12.8. The highest BCUT2D eigenvalue weighted by Crippen LogP contribution is 2.60. The summed E-state index contributed by atoms with van der Waals surface area (Å²) >= 11 is 1.19. The van der Waals surface area contributed by atoms with Crippen molar-refractivity contribution in [3.63, 3.8) is 0 Å². The number of ether oxygens (including phenoxy) is 3. The van der Waals surface area contributed by atoms with Crippen molar-refractivity contribution in [3.8, 4) is 0 Å². The molecule has 0 aromatic heterocycles. The number of allylic oxidation sites excluding steroid dienone is 2. The van der Waals surface area contributed by atoms with Gasteiger partial charge in [0.05, 0.1) is 19.8 Å². The average Bonchev–Trinajstić information content (AvgIpc) is 3.04. The number of fused-ring (bicyclic) bond motifs is 1. The molecule has 0 bridgehead atoms. The largest absolute Gasteiger partial charge is 0.465 e. The fourth-order valence-corrected chi connectivity index (χ4v) is 7.12. The first kappa shape index (κ1) is 27.4. The maximum atomic E-state index is 13.3. The van der Waals surface area contributed by atoms with Gasteiger partial charge in [-0.2, -0.15) is 0 Å². The molecule has 8 heteroatoms. The van der Waals surface area contributed by atoms with Crippen LogP contribution in [0.3, 0.4) is 0 Å². The molecule has 33 heavy (non-hydrogen) atoms. The van der Waals surface area contributed by atoms with Gasteiger partial charge in [0.2, 0.25) is 0 Å². The zero-order chi connectivity index (χ0) is 24.8. The Labute approximate surface area is 201 Å². The van der Waals surface area contributed by atoms with Crippen LogP contribution >= 0.6 is 11.8 Å². The summed E-state index contributed by atoms with van der Waals surface area (Å²) in [5.41, 5.74) is 0.625. The number of carbonyl (C=O) groups is 4. The lowest BCUT2D eigenvalue weighted by Crippen LogP contribution is -2.45. The average molecular weight is 483 g/mol. The van der Waals surface area contributed by atoms with E-state index in [1.54, 1.807) is 20.8 Å². The Bertz CT molecular complexity index is 770. The highest BCUT2D eigenvalue weighted by atomic mass is 32.2. The highest BCUT2D eigenvalue weighted by molar-refractivity contribution is 8.13. The van der Waals surface area contributed by atoms with Gasteiger partial charge in [0.25, 0.3) is 0 Å². The van der Waals surface area contributed by atoms with Crippen LogP contribution in [-0.4, -0.2) is 48.1 Å². The molecular formula is C25H38O7S. The third-order valence-electron chi connectivity index (χ3n) is 6.52. The van der Waals surface area contributed by atoms with Gasteiger partial charge in [0.1, 0.15) is 0 Å². The van der Waals surface area contributed by atoms with Crippen LogP contribution in [0.25, 0.3) is 0 Å². The van der Waals surface area contributed by atoms with E-state index in [1.807, 2.05) is 6.08 Å². The Balaban J connectivity index is 2.19. The molecule has 1 saturated carbocycles. The topological polar surface area (TPSA) is 96.0 Å². The molecule has 0 aromatic carbocycles. The summed E-state index contributed by atoms with van der Waals surface area (Å²) in [5.74, 6) is -2.60. The molecule has 0 spiro atoms. The van der Waals surface area contributed by atoms with E-state index < -0.39 is 17.9 Å². The molecule has 186 valence electrons. The fourth-order valence-electron chi connectivity index (χ4n) is 5.54. The third kappa shape index (κ3) is 6.84. The minimum absolute atomic E-state index is 0.0401. The highest BCUT2D eigenvalue weighted by Gasteiger charge is 2.54. The minimum Gasteiger partial charge on any atom is -0.465 e.